The number of aryl methyl sites for hydroxylation is 2. The van der Waals surface area contributed by atoms with Crippen LogP contribution in [0.4, 0.5) is 5.69 Å². The average Bonchev–Trinajstić information content (AvgIpc) is 2.96. The van der Waals surface area contributed by atoms with Gasteiger partial charge in [-0.15, -0.1) is 11.3 Å². The molecule has 0 aliphatic carbocycles. The molecule has 0 atom stereocenters. The van der Waals surface area contributed by atoms with Crippen LogP contribution in [0.3, 0.4) is 0 Å². The number of aromatic nitrogens is 1. The highest BCUT2D eigenvalue weighted by molar-refractivity contribution is 8.27. The third kappa shape index (κ3) is 2.92. The molecule has 1 aromatic carbocycles. The summed E-state index contributed by atoms with van der Waals surface area (Å²) in [5.74, 6) is -0.0838. The third-order valence-corrected chi connectivity index (χ3v) is 5.10. The number of benzene rings is 1. The zero-order valence-corrected chi connectivity index (χ0v) is 13.9. The van der Waals surface area contributed by atoms with Crippen molar-refractivity contribution in [2.75, 3.05) is 4.90 Å². The van der Waals surface area contributed by atoms with E-state index in [9.17, 15) is 4.79 Å². The summed E-state index contributed by atoms with van der Waals surface area (Å²) in [6, 6.07) is 7.77. The molecule has 2 heterocycles. The molecule has 0 N–H and O–H groups in total. The van der Waals surface area contributed by atoms with Gasteiger partial charge in [-0.05, 0) is 32.1 Å². The van der Waals surface area contributed by atoms with Gasteiger partial charge in [-0.3, -0.25) is 9.69 Å². The summed E-state index contributed by atoms with van der Waals surface area (Å²) in [5, 5.41) is 2.92. The Kier molecular flexibility index (Phi) is 3.93. The molecule has 0 spiro atoms. The lowest BCUT2D eigenvalue weighted by Crippen LogP contribution is -2.27. The topological polar surface area (TPSA) is 33.2 Å². The Labute approximate surface area is 136 Å². The maximum absolute atomic E-state index is 12.5. The molecule has 3 nitrogen and oxygen atoms in total. The van der Waals surface area contributed by atoms with Crippen molar-refractivity contribution in [2.45, 2.75) is 13.8 Å². The molecule has 1 aliphatic heterocycles. The molecule has 1 saturated heterocycles. The minimum absolute atomic E-state index is 0.0838. The van der Waals surface area contributed by atoms with Crippen LogP contribution in [0.15, 0.2) is 34.6 Å². The van der Waals surface area contributed by atoms with Crippen LogP contribution in [0.25, 0.3) is 6.08 Å². The zero-order valence-electron chi connectivity index (χ0n) is 11.5. The smallest absolute Gasteiger partial charge is 0.268 e. The van der Waals surface area contributed by atoms with Crippen molar-refractivity contribution < 1.29 is 4.79 Å². The minimum atomic E-state index is -0.0838. The Hall–Kier alpha value is -1.50. The summed E-state index contributed by atoms with van der Waals surface area (Å²) in [6.07, 6.45) is 1.80. The van der Waals surface area contributed by atoms with E-state index >= 15 is 0 Å². The van der Waals surface area contributed by atoms with Gasteiger partial charge in [0.1, 0.15) is 0 Å². The summed E-state index contributed by atoms with van der Waals surface area (Å²) in [4.78, 5) is 19.1. The van der Waals surface area contributed by atoms with E-state index in [0.29, 0.717) is 9.23 Å². The molecule has 1 amide bonds. The van der Waals surface area contributed by atoms with Crippen LogP contribution in [0, 0.1) is 13.8 Å². The molecule has 2 aromatic rings. The van der Waals surface area contributed by atoms with E-state index in [-0.39, 0.29) is 5.91 Å². The number of thiocarbonyl (C=S) groups is 1. The summed E-state index contributed by atoms with van der Waals surface area (Å²) >= 11 is 8.22. The lowest BCUT2D eigenvalue weighted by atomic mass is 10.2. The molecule has 0 unspecified atom stereocenters. The number of hydrogen-bond acceptors (Lipinski definition) is 5. The summed E-state index contributed by atoms with van der Waals surface area (Å²) < 4.78 is 0.557. The number of thiazole rings is 1. The zero-order chi connectivity index (χ0) is 15.0. The highest BCUT2D eigenvalue weighted by Gasteiger charge is 2.33. The first-order valence-corrected chi connectivity index (χ1v) is 8.42. The van der Waals surface area contributed by atoms with Gasteiger partial charge in [0.15, 0.2) is 4.32 Å². The first-order chi connectivity index (χ1) is 10.0. The second kappa shape index (κ2) is 5.71. The molecule has 1 fully saturated rings. The second-order valence-electron chi connectivity index (χ2n) is 4.64. The number of amides is 1. The van der Waals surface area contributed by atoms with E-state index < -0.39 is 0 Å². The maximum atomic E-state index is 12.5. The van der Waals surface area contributed by atoms with Crippen LogP contribution >= 0.6 is 35.3 Å². The van der Waals surface area contributed by atoms with Crippen molar-refractivity contribution in [1.82, 2.24) is 4.98 Å². The highest BCUT2D eigenvalue weighted by atomic mass is 32.2. The van der Waals surface area contributed by atoms with Crippen LogP contribution in [0.1, 0.15) is 16.3 Å². The predicted molar refractivity (Wildman–Crippen MR) is 93.7 cm³/mol. The minimum Gasteiger partial charge on any atom is -0.268 e. The van der Waals surface area contributed by atoms with Gasteiger partial charge in [-0.2, -0.15) is 0 Å². The SMILES string of the molecule is Cc1ccc(N2C(=O)/C(=C/c3csc(C)n3)SC2=S)cc1. The van der Waals surface area contributed by atoms with Gasteiger partial charge in [-0.1, -0.05) is 41.7 Å². The van der Waals surface area contributed by atoms with E-state index in [1.165, 1.54) is 11.8 Å². The van der Waals surface area contributed by atoms with Crippen molar-refractivity contribution in [2.24, 2.45) is 0 Å². The van der Waals surface area contributed by atoms with Crippen LogP contribution in [0.2, 0.25) is 0 Å². The van der Waals surface area contributed by atoms with Crippen LogP contribution in [-0.4, -0.2) is 15.2 Å². The number of carbonyl (C=O) groups is 1. The molecule has 3 rings (SSSR count). The first-order valence-electron chi connectivity index (χ1n) is 6.31. The monoisotopic (exact) mass is 332 g/mol. The van der Waals surface area contributed by atoms with Crippen molar-refractivity contribution >= 4 is 57.3 Å². The number of hydrogen-bond donors (Lipinski definition) is 0. The molecule has 21 heavy (non-hydrogen) atoms. The van der Waals surface area contributed by atoms with Crippen molar-refractivity contribution in [3.05, 3.63) is 50.8 Å². The lowest BCUT2D eigenvalue weighted by Gasteiger charge is -2.14. The quantitative estimate of drug-likeness (QED) is 0.610. The molecule has 1 aliphatic rings. The van der Waals surface area contributed by atoms with Crippen molar-refractivity contribution in [1.29, 1.82) is 0 Å². The van der Waals surface area contributed by atoms with Crippen LogP contribution < -0.4 is 4.90 Å². The van der Waals surface area contributed by atoms with Crippen LogP contribution in [-0.2, 0) is 4.79 Å². The van der Waals surface area contributed by atoms with E-state index in [2.05, 4.69) is 4.98 Å². The fourth-order valence-electron chi connectivity index (χ4n) is 1.96. The Morgan fingerprint density at radius 1 is 1.24 bits per heavy atom. The van der Waals surface area contributed by atoms with Gasteiger partial charge in [0.2, 0.25) is 0 Å². The number of rotatable bonds is 2. The fraction of sp³-hybridized carbons (Fsp3) is 0.133. The third-order valence-electron chi connectivity index (χ3n) is 3.00. The first kappa shape index (κ1) is 14.4. The standard InChI is InChI=1S/C15H12N2OS3/c1-9-3-5-12(6-4-9)17-14(18)13(21-15(17)19)7-11-8-20-10(2)16-11/h3-8H,1-2H3/b13-7-. The largest absolute Gasteiger partial charge is 0.270 e. The van der Waals surface area contributed by atoms with Gasteiger partial charge < -0.3 is 0 Å². The van der Waals surface area contributed by atoms with Gasteiger partial charge in [0.25, 0.3) is 5.91 Å². The Balaban J connectivity index is 1.92. The van der Waals surface area contributed by atoms with Crippen molar-refractivity contribution in [3.63, 3.8) is 0 Å². The predicted octanol–water partition coefficient (Wildman–Crippen LogP) is 4.17. The average molecular weight is 332 g/mol. The number of carbonyl (C=O) groups excluding carboxylic acids is 1. The van der Waals surface area contributed by atoms with E-state index in [1.807, 2.05) is 43.5 Å². The lowest BCUT2D eigenvalue weighted by molar-refractivity contribution is -0.113. The van der Waals surface area contributed by atoms with Crippen LogP contribution in [0.5, 0.6) is 0 Å². The fourth-order valence-corrected chi connectivity index (χ4v) is 3.82. The van der Waals surface area contributed by atoms with Gasteiger partial charge in [0.05, 0.1) is 21.3 Å². The number of nitrogens with zero attached hydrogens (tertiary/aromatic N) is 2. The summed E-state index contributed by atoms with van der Waals surface area (Å²) in [5.41, 5.74) is 2.76. The highest BCUT2D eigenvalue weighted by Crippen LogP contribution is 2.36. The maximum Gasteiger partial charge on any atom is 0.270 e. The van der Waals surface area contributed by atoms with Gasteiger partial charge in [0, 0.05) is 5.38 Å². The normalized spacial score (nSPS) is 17.0. The van der Waals surface area contributed by atoms with E-state index in [1.54, 1.807) is 22.3 Å². The molecule has 0 saturated carbocycles. The van der Waals surface area contributed by atoms with E-state index in [4.69, 9.17) is 12.2 Å². The molecular weight excluding hydrogens is 320 g/mol. The molecule has 106 valence electrons. The van der Waals surface area contributed by atoms with Crippen molar-refractivity contribution in [3.8, 4) is 0 Å². The van der Waals surface area contributed by atoms with Gasteiger partial charge >= 0.3 is 0 Å². The Bertz CT molecular complexity index is 747. The summed E-state index contributed by atoms with van der Waals surface area (Å²) in [6.45, 7) is 3.96. The molecule has 6 heteroatoms. The number of anilines is 1. The Morgan fingerprint density at radius 2 is 1.95 bits per heavy atom. The molecule has 1 aromatic heterocycles. The second-order valence-corrected chi connectivity index (χ2v) is 7.38. The Morgan fingerprint density at radius 3 is 2.57 bits per heavy atom. The number of thioether (sulfide) groups is 1. The molecule has 0 bridgehead atoms. The molecular formula is C15H12N2OS3. The molecule has 0 radical (unpaired) electrons. The van der Waals surface area contributed by atoms with Gasteiger partial charge in [-0.25, -0.2) is 4.98 Å². The summed E-state index contributed by atoms with van der Waals surface area (Å²) in [7, 11) is 0. The van der Waals surface area contributed by atoms with E-state index in [0.717, 1.165) is 22.0 Å².